The quantitative estimate of drug-likeness (QED) is 0.701. The molecule has 2 heterocycles. The van der Waals surface area contributed by atoms with Crippen LogP contribution >= 0.6 is 0 Å². The third-order valence-corrected chi connectivity index (χ3v) is 6.36. The van der Waals surface area contributed by atoms with Crippen LogP contribution in [0.15, 0.2) is 24.7 Å². The van der Waals surface area contributed by atoms with Gasteiger partial charge in [0.15, 0.2) is 5.82 Å². The predicted molar refractivity (Wildman–Crippen MR) is 125 cm³/mol. The first-order chi connectivity index (χ1) is 15.6. The number of likely N-dealkylation sites (tertiary alicyclic amines) is 1. The molecule has 7 nitrogen and oxygen atoms in total. The molecule has 178 valence electrons. The third kappa shape index (κ3) is 5.61. The summed E-state index contributed by atoms with van der Waals surface area (Å²) in [7, 11) is 0. The average molecular weight is 456 g/mol. The summed E-state index contributed by atoms with van der Waals surface area (Å²) in [6.07, 6.45) is 6.31. The Kier molecular flexibility index (Phi) is 6.56. The van der Waals surface area contributed by atoms with Gasteiger partial charge in [0.1, 0.15) is 11.9 Å². The molecule has 33 heavy (non-hydrogen) atoms. The summed E-state index contributed by atoms with van der Waals surface area (Å²) in [5, 5.41) is 6.04. The number of nitrogens with one attached hydrogen (secondary N) is 2. The number of halogens is 1. The molecule has 2 atom stereocenters. The summed E-state index contributed by atoms with van der Waals surface area (Å²) in [5.41, 5.74) is 2.82. The number of amides is 2. The Hall–Kier alpha value is -2.74. The molecule has 8 heteroatoms. The van der Waals surface area contributed by atoms with E-state index in [1.54, 1.807) is 23.2 Å². The molecule has 4 rings (SSSR count). The van der Waals surface area contributed by atoms with Gasteiger partial charge in [-0.3, -0.25) is 9.59 Å². The molecule has 2 amide bonds. The normalized spacial score (nSPS) is 20.8. The Balaban J connectivity index is 1.28. The number of fused-ring (bicyclic) bond motifs is 1. The summed E-state index contributed by atoms with van der Waals surface area (Å²) < 4.78 is 16.1. The number of aryl methyl sites for hydroxylation is 2. The summed E-state index contributed by atoms with van der Waals surface area (Å²) in [6.45, 7) is 9.85. The van der Waals surface area contributed by atoms with E-state index in [4.69, 9.17) is 0 Å². The van der Waals surface area contributed by atoms with E-state index in [1.807, 2.05) is 11.8 Å². The molecule has 1 aliphatic heterocycles. The van der Waals surface area contributed by atoms with Gasteiger partial charge in [-0.2, -0.15) is 0 Å². The first-order valence-corrected chi connectivity index (χ1v) is 11.7. The number of anilines is 1. The van der Waals surface area contributed by atoms with Crippen LogP contribution in [-0.2, 0) is 22.4 Å². The Morgan fingerprint density at radius 3 is 2.82 bits per heavy atom. The number of aromatic nitrogens is 2. The topological polar surface area (TPSA) is 79.3 Å². The Labute approximate surface area is 194 Å². The molecule has 1 fully saturated rings. The van der Waals surface area contributed by atoms with Gasteiger partial charge in [-0.1, -0.05) is 26.8 Å². The van der Waals surface area contributed by atoms with Gasteiger partial charge in [0.2, 0.25) is 11.8 Å². The van der Waals surface area contributed by atoms with Crippen LogP contribution in [0.5, 0.6) is 0 Å². The number of hydrogen-bond donors (Lipinski definition) is 2. The molecule has 1 aromatic heterocycles. The first kappa shape index (κ1) is 23.4. The van der Waals surface area contributed by atoms with Crippen molar-refractivity contribution in [1.29, 1.82) is 0 Å². The van der Waals surface area contributed by atoms with E-state index in [0.29, 0.717) is 12.2 Å². The number of hydrogen-bond acceptors (Lipinski definition) is 4. The van der Waals surface area contributed by atoms with Crippen LogP contribution in [0.4, 0.5) is 10.2 Å². The molecule has 0 bridgehead atoms. The number of benzene rings is 1. The van der Waals surface area contributed by atoms with E-state index < -0.39 is 0 Å². The van der Waals surface area contributed by atoms with E-state index in [-0.39, 0.29) is 41.7 Å². The molecule has 1 aromatic carbocycles. The van der Waals surface area contributed by atoms with E-state index >= 15 is 0 Å². The monoisotopic (exact) mass is 455 g/mol. The van der Waals surface area contributed by atoms with Crippen molar-refractivity contribution in [3.05, 3.63) is 47.2 Å². The molecule has 1 saturated heterocycles. The smallest absolute Gasteiger partial charge is 0.245 e. The Bertz CT molecular complexity index is 1040. The molecule has 0 spiro atoms. The van der Waals surface area contributed by atoms with E-state index in [9.17, 15) is 14.0 Å². The molecule has 2 N–H and O–H groups in total. The molecule has 0 saturated carbocycles. The van der Waals surface area contributed by atoms with E-state index in [0.717, 1.165) is 49.0 Å². The van der Waals surface area contributed by atoms with Gasteiger partial charge in [-0.05, 0) is 60.8 Å². The summed E-state index contributed by atoms with van der Waals surface area (Å²) >= 11 is 0. The standard InChI is InChI=1S/C25H34FN5O2/c1-16-9-17-5-6-18(11-19(17)20(26)10-16)27-12-23(32)29-22-13-31(15-28-22)21-7-8-30(24(21)33)14-25(2,3)4/h9-10,13,15,18,21,27H,5-8,11-12,14H2,1-4H3,(H,29,32). The minimum absolute atomic E-state index is 0.0523. The van der Waals surface area contributed by atoms with Gasteiger partial charge in [-0.15, -0.1) is 0 Å². The summed E-state index contributed by atoms with van der Waals surface area (Å²) in [6, 6.07) is 3.41. The maximum absolute atomic E-state index is 14.3. The Morgan fingerprint density at radius 1 is 1.27 bits per heavy atom. The van der Waals surface area contributed by atoms with Crippen LogP contribution < -0.4 is 10.6 Å². The second kappa shape index (κ2) is 9.25. The van der Waals surface area contributed by atoms with Gasteiger partial charge in [0, 0.05) is 25.3 Å². The molecule has 2 aliphatic rings. The zero-order valence-electron chi connectivity index (χ0n) is 19.9. The van der Waals surface area contributed by atoms with Crippen LogP contribution in [-0.4, -0.2) is 51.9 Å². The fourth-order valence-electron chi connectivity index (χ4n) is 4.87. The minimum atomic E-state index is -0.274. The molecule has 2 aromatic rings. The fraction of sp³-hybridized carbons (Fsp3) is 0.560. The van der Waals surface area contributed by atoms with Crippen molar-refractivity contribution in [2.24, 2.45) is 5.41 Å². The van der Waals surface area contributed by atoms with E-state index in [1.165, 1.54) is 0 Å². The lowest BCUT2D eigenvalue weighted by Crippen LogP contribution is -2.39. The first-order valence-electron chi connectivity index (χ1n) is 11.7. The lowest BCUT2D eigenvalue weighted by molar-refractivity contribution is -0.131. The van der Waals surface area contributed by atoms with Crippen molar-refractivity contribution in [2.75, 3.05) is 25.0 Å². The summed E-state index contributed by atoms with van der Waals surface area (Å²) in [5.74, 6) is 0.165. The van der Waals surface area contributed by atoms with Gasteiger partial charge in [0.05, 0.1) is 12.9 Å². The van der Waals surface area contributed by atoms with Crippen molar-refractivity contribution >= 4 is 17.6 Å². The number of rotatable bonds is 6. The van der Waals surface area contributed by atoms with Crippen molar-refractivity contribution in [2.45, 2.75) is 65.5 Å². The number of carbonyl (C=O) groups excluding carboxylic acids is 2. The van der Waals surface area contributed by atoms with E-state index in [2.05, 4.69) is 42.5 Å². The average Bonchev–Trinajstić information content (AvgIpc) is 3.32. The Morgan fingerprint density at radius 2 is 2.06 bits per heavy atom. The minimum Gasteiger partial charge on any atom is -0.340 e. The highest BCUT2D eigenvalue weighted by atomic mass is 19.1. The number of imidazole rings is 1. The maximum atomic E-state index is 14.3. The highest BCUT2D eigenvalue weighted by molar-refractivity contribution is 5.91. The highest BCUT2D eigenvalue weighted by Gasteiger charge is 2.34. The predicted octanol–water partition coefficient (Wildman–Crippen LogP) is 3.24. The highest BCUT2D eigenvalue weighted by Crippen LogP contribution is 2.28. The second-order valence-corrected chi connectivity index (χ2v) is 10.6. The molecular weight excluding hydrogens is 421 g/mol. The lowest BCUT2D eigenvalue weighted by Gasteiger charge is -2.26. The van der Waals surface area contributed by atoms with Crippen molar-refractivity contribution < 1.29 is 14.0 Å². The van der Waals surface area contributed by atoms with Crippen molar-refractivity contribution in [3.8, 4) is 0 Å². The largest absolute Gasteiger partial charge is 0.340 e. The zero-order valence-corrected chi connectivity index (χ0v) is 19.9. The van der Waals surface area contributed by atoms with Crippen LogP contribution in [0.1, 0.15) is 56.3 Å². The van der Waals surface area contributed by atoms with Crippen LogP contribution in [0, 0.1) is 18.2 Å². The SMILES string of the molecule is Cc1cc(F)c2c(c1)CCC(NCC(=O)Nc1cn(C3CCN(CC(C)(C)C)C3=O)cn1)C2. The number of carbonyl (C=O) groups is 2. The second-order valence-electron chi connectivity index (χ2n) is 10.6. The number of nitrogens with zero attached hydrogens (tertiary/aromatic N) is 3. The summed E-state index contributed by atoms with van der Waals surface area (Å²) in [4.78, 5) is 31.4. The molecule has 2 unspecified atom stereocenters. The van der Waals surface area contributed by atoms with Crippen LogP contribution in [0.3, 0.4) is 0 Å². The van der Waals surface area contributed by atoms with Crippen molar-refractivity contribution in [1.82, 2.24) is 19.8 Å². The molecular formula is C25H34FN5O2. The fourth-order valence-corrected chi connectivity index (χ4v) is 4.87. The van der Waals surface area contributed by atoms with Crippen LogP contribution in [0.2, 0.25) is 0 Å². The van der Waals surface area contributed by atoms with Gasteiger partial charge < -0.3 is 20.1 Å². The van der Waals surface area contributed by atoms with Gasteiger partial charge in [-0.25, -0.2) is 9.37 Å². The maximum Gasteiger partial charge on any atom is 0.245 e. The van der Waals surface area contributed by atoms with Gasteiger partial charge >= 0.3 is 0 Å². The van der Waals surface area contributed by atoms with Gasteiger partial charge in [0.25, 0.3) is 0 Å². The lowest BCUT2D eigenvalue weighted by atomic mass is 9.87. The molecule has 1 aliphatic carbocycles. The molecule has 0 radical (unpaired) electrons. The van der Waals surface area contributed by atoms with Crippen LogP contribution in [0.25, 0.3) is 0 Å². The van der Waals surface area contributed by atoms with Crippen molar-refractivity contribution in [3.63, 3.8) is 0 Å². The third-order valence-electron chi connectivity index (χ3n) is 6.36. The zero-order chi connectivity index (χ0) is 23.8.